The SMILES string of the molecule is COc1ccccc1[C@@H]1C(C#N)=C(N)Oc2cc(C)n(Cc3ccc(C)cc3)c(=O)c21. The van der Waals surface area contributed by atoms with Crippen molar-refractivity contribution < 1.29 is 9.47 Å². The van der Waals surface area contributed by atoms with Crippen LogP contribution in [0.1, 0.15) is 33.9 Å². The van der Waals surface area contributed by atoms with Gasteiger partial charge in [-0.3, -0.25) is 4.79 Å². The summed E-state index contributed by atoms with van der Waals surface area (Å²) >= 11 is 0. The van der Waals surface area contributed by atoms with Crippen LogP contribution in [0.5, 0.6) is 11.5 Å². The number of nitrogens with two attached hydrogens (primary N) is 1. The highest BCUT2D eigenvalue weighted by Crippen LogP contribution is 2.43. The molecule has 6 nitrogen and oxygen atoms in total. The lowest BCUT2D eigenvalue weighted by molar-refractivity contribution is 0.383. The van der Waals surface area contributed by atoms with Gasteiger partial charge in [-0.2, -0.15) is 5.26 Å². The number of benzene rings is 2. The lowest BCUT2D eigenvalue weighted by atomic mass is 9.83. The first-order valence-corrected chi connectivity index (χ1v) is 9.95. The first-order chi connectivity index (χ1) is 14.9. The molecule has 2 N–H and O–H groups in total. The van der Waals surface area contributed by atoms with E-state index in [0.717, 1.165) is 16.8 Å². The Hall–Kier alpha value is -3.98. The van der Waals surface area contributed by atoms with E-state index in [1.165, 1.54) is 0 Å². The summed E-state index contributed by atoms with van der Waals surface area (Å²) in [6.07, 6.45) is 0. The van der Waals surface area contributed by atoms with E-state index in [-0.39, 0.29) is 17.0 Å². The quantitative estimate of drug-likeness (QED) is 0.704. The molecular weight excluding hydrogens is 390 g/mol. The van der Waals surface area contributed by atoms with Gasteiger partial charge >= 0.3 is 0 Å². The molecular formula is C25H23N3O3. The summed E-state index contributed by atoms with van der Waals surface area (Å²) in [7, 11) is 1.56. The smallest absolute Gasteiger partial charge is 0.259 e. The van der Waals surface area contributed by atoms with Gasteiger partial charge in [0.25, 0.3) is 5.56 Å². The van der Waals surface area contributed by atoms with Crippen molar-refractivity contribution in [2.24, 2.45) is 5.73 Å². The summed E-state index contributed by atoms with van der Waals surface area (Å²) in [6, 6.07) is 19.3. The second kappa shape index (κ2) is 8.04. The summed E-state index contributed by atoms with van der Waals surface area (Å²) < 4.78 is 12.9. The average molecular weight is 413 g/mol. The average Bonchev–Trinajstić information content (AvgIpc) is 2.77. The lowest BCUT2D eigenvalue weighted by Gasteiger charge is -2.28. The van der Waals surface area contributed by atoms with E-state index < -0.39 is 5.92 Å². The van der Waals surface area contributed by atoms with E-state index in [1.54, 1.807) is 23.8 Å². The number of allylic oxidation sites excluding steroid dienone is 1. The number of aryl methyl sites for hydroxylation is 2. The van der Waals surface area contributed by atoms with E-state index in [4.69, 9.17) is 15.2 Å². The summed E-state index contributed by atoms with van der Waals surface area (Å²) in [5, 5.41) is 9.84. The molecule has 156 valence electrons. The van der Waals surface area contributed by atoms with Gasteiger partial charge in [0, 0.05) is 17.3 Å². The number of ether oxygens (including phenoxy) is 2. The van der Waals surface area contributed by atoms with E-state index in [2.05, 4.69) is 6.07 Å². The van der Waals surface area contributed by atoms with Gasteiger partial charge in [-0.15, -0.1) is 0 Å². The van der Waals surface area contributed by atoms with Gasteiger partial charge < -0.3 is 19.8 Å². The molecule has 1 aliphatic heterocycles. The van der Waals surface area contributed by atoms with Crippen LogP contribution >= 0.6 is 0 Å². The first kappa shape index (κ1) is 20.3. The number of fused-ring (bicyclic) bond motifs is 1. The number of pyridine rings is 1. The molecule has 31 heavy (non-hydrogen) atoms. The molecule has 2 aromatic carbocycles. The van der Waals surface area contributed by atoms with Crippen molar-refractivity contribution in [2.45, 2.75) is 26.3 Å². The standard InChI is InChI=1S/C25H23N3O3/c1-15-8-10-17(11-9-15)14-28-16(2)12-21-23(25(28)29)22(19(13-26)24(27)31-21)18-6-4-5-7-20(18)30-3/h4-12,22H,14,27H2,1-3H3/t22-/m1/s1. The van der Waals surface area contributed by atoms with Crippen LogP contribution in [-0.4, -0.2) is 11.7 Å². The van der Waals surface area contributed by atoms with Crippen molar-refractivity contribution in [3.8, 4) is 17.6 Å². The molecule has 0 aliphatic carbocycles. The zero-order valence-electron chi connectivity index (χ0n) is 17.7. The molecule has 1 aromatic heterocycles. The van der Waals surface area contributed by atoms with Gasteiger partial charge in [0.1, 0.15) is 23.1 Å². The van der Waals surface area contributed by atoms with Crippen LogP contribution in [0.15, 0.2) is 70.8 Å². The molecule has 1 aliphatic rings. The Morgan fingerprint density at radius 1 is 1.16 bits per heavy atom. The van der Waals surface area contributed by atoms with Crippen LogP contribution in [0.4, 0.5) is 0 Å². The molecule has 0 saturated carbocycles. The van der Waals surface area contributed by atoms with Crippen molar-refractivity contribution in [1.29, 1.82) is 5.26 Å². The van der Waals surface area contributed by atoms with E-state index >= 15 is 0 Å². The predicted molar refractivity (Wildman–Crippen MR) is 118 cm³/mol. The zero-order valence-corrected chi connectivity index (χ0v) is 17.7. The topological polar surface area (TPSA) is 90.3 Å². The van der Waals surface area contributed by atoms with Crippen molar-refractivity contribution in [1.82, 2.24) is 4.57 Å². The van der Waals surface area contributed by atoms with Crippen LogP contribution < -0.4 is 20.8 Å². The number of hydrogen-bond acceptors (Lipinski definition) is 5. The molecule has 0 saturated heterocycles. The largest absolute Gasteiger partial charge is 0.496 e. The maximum absolute atomic E-state index is 13.7. The predicted octanol–water partition coefficient (Wildman–Crippen LogP) is 3.74. The summed E-state index contributed by atoms with van der Waals surface area (Å²) in [4.78, 5) is 13.7. The van der Waals surface area contributed by atoms with Gasteiger partial charge in [0.05, 0.1) is 25.1 Å². The van der Waals surface area contributed by atoms with Crippen molar-refractivity contribution in [2.75, 3.05) is 7.11 Å². The number of aromatic nitrogens is 1. The number of rotatable bonds is 4. The van der Waals surface area contributed by atoms with Crippen molar-refractivity contribution in [3.05, 3.63) is 104 Å². The van der Waals surface area contributed by atoms with Crippen LogP contribution in [0.25, 0.3) is 0 Å². The van der Waals surface area contributed by atoms with Crippen LogP contribution in [0, 0.1) is 25.2 Å². The Balaban J connectivity index is 1.94. The highest BCUT2D eigenvalue weighted by atomic mass is 16.5. The second-order valence-corrected chi connectivity index (χ2v) is 7.61. The summed E-state index contributed by atoms with van der Waals surface area (Å²) in [6.45, 7) is 4.30. The van der Waals surface area contributed by atoms with Crippen molar-refractivity contribution >= 4 is 0 Å². The van der Waals surface area contributed by atoms with Crippen LogP contribution in [-0.2, 0) is 6.54 Å². The summed E-state index contributed by atoms with van der Waals surface area (Å²) in [5.41, 5.74) is 10.0. The Morgan fingerprint density at radius 3 is 2.55 bits per heavy atom. The molecule has 0 radical (unpaired) electrons. The molecule has 0 fully saturated rings. The van der Waals surface area contributed by atoms with Crippen LogP contribution in [0.2, 0.25) is 0 Å². The van der Waals surface area contributed by atoms with E-state index in [9.17, 15) is 10.1 Å². The normalized spacial score (nSPS) is 15.1. The van der Waals surface area contributed by atoms with Gasteiger partial charge in [-0.05, 0) is 25.5 Å². The molecule has 0 unspecified atom stereocenters. The maximum atomic E-state index is 13.7. The maximum Gasteiger partial charge on any atom is 0.259 e. The molecule has 0 amide bonds. The fraction of sp³-hybridized carbons (Fsp3) is 0.200. The summed E-state index contributed by atoms with van der Waals surface area (Å²) in [5.74, 6) is 0.268. The third-order valence-corrected chi connectivity index (χ3v) is 5.60. The van der Waals surface area contributed by atoms with Crippen molar-refractivity contribution in [3.63, 3.8) is 0 Å². The molecule has 4 rings (SSSR count). The first-order valence-electron chi connectivity index (χ1n) is 9.95. The highest BCUT2D eigenvalue weighted by molar-refractivity contribution is 5.58. The molecule has 6 heteroatoms. The number of nitrogens with zero attached hydrogens (tertiary/aromatic N) is 2. The minimum atomic E-state index is -0.678. The number of para-hydroxylation sites is 1. The Morgan fingerprint density at radius 2 is 1.87 bits per heavy atom. The van der Waals surface area contributed by atoms with Gasteiger partial charge in [0.2, 0.25) is 5.88 Å². The number of nitriles is 1. The number of hydrogen-bond donors (Lipinski definition) is 1. The lowest BCUT2D eigenvalue weighted by Crippen LogP contribution is -2.33. The fourth-order valence-corrected chi connectivity index (χ4v) is 3.97. The van der Waals surface area contributed by atoms with E-state index in [0.29, 0.717) is 29.2 Å². The third-order valence-electron chi connectivity index (χ3n) is 5.60. The van der Waals surface area contributed by atoms with Crippen LogP contribution in [0.3, 0.4) is 0 Å². The van der Waals surface area contributed by atoms with Gasteiger partial charge in [-0.25, -0.2) is 0 Å². The van der Waals surface area contributed by atoms with Gasteiger partial charge in [0.15, 0.2) is 0 Å². The molecule has 2 heterocycles. The third kappa shape index (κ3) is 3.55. The number of methoxy groups -OCH3 is 1. The fourth-order valence-electron chi connectivity index (χ4n) is 3.97. The molecule has 0 bridgehead atoms. The molecule has 3 aromatic rings. The minimum Gasteiger partial charge on any atom is -0.496 e. The monoisotopic (exact) mass is 413 g/mol. The minimum absolute atomic E-state index is 0.000917. The Kier molecular flexibility index (Phi) is 5.26. The molecule has 0 spiro atoms. The van der Waals surface area contributed by atoms with Gasteiger partial charge in [-0.1, -0.05) is 48.0 Å². The Labute approximate surface area is 180 Å². The highest BCUT2D eigenvalue weighted by Gasteiger charge is 2.35. The second-order valence-electron chi connectivity index (χ2n) is 7.61. The Bertz CT molecular complexity index is 1280. The zero-order chi connectivity index (χ0) is 22.1. The molecule has 1 atom stereocenters. The van der Waals surface area contributed by atoms with E-state index in [1.807, 2.05) is 56.3 Å².